The molecule has 0 fully saturated rings. The first-order chi connectivity index (χ1) is 20.7. The summed E-state index contributed by atoms with van der Waals surface area (Å²) in [6.45, 7) is 1.24. The van der Waals surface area contributed by atoms with Crippen LogP contribution in [-0.2, 0) is 9.59 Å². The van der Waals surface area contributed by atoms with Crippen molar-refractivity contribution in [1.82, 2.24) is 4.57 Å². The Labute approximate surface area is 263 Å². The van der Waals surface area contributed by atoms with E-state index in [0.717, 1.165) is 5.56 Å². The van der Waals surface area contributed by atoms with Crippen LogP contribution in [0, 0.1) is 3.57 Å². The number of ether oxygens (including phenoxy) is 3. The predicted octanol–water partition coefficient (Wildman–Crippen LogP) is 3.96. The zero-order valence-electron chi connectivity index (χ0n) is 23.3. The maximum absolute atomic E-state index is 14.0. The van der Waals surface area contributed by atoms with Crippen LogP contribution in [0.3, 0.4) is 0 Å². The van der Waals surface area contributed by atoms with E-state index < -0.39 is 18.6 Å². The molecular formula is C31H26IN3O7S. The van der Waals surface area contributed by atoms with Crippen LogP contribution in [-0.4, -0.2) is 42.4 Å². The van der Waals surface area contributed by atoms with Crippen molar-refractivity contribution in [2.45, 2.75) is 13.0 Å². The third kappa shape index (κ3) is 6.34. The number of carbonyl (C=O) groups is 2. The lowest BCUT2D eigenvalue weighted by molar-refractivity contribution is -0.139. The molecule has 1 aliphatic rings. The highest BCUT2D eigenvalue weighted by Crippen LogP contribution is 2.35. The molecule has 0 aliphatic carbocycles. The Balaban J connectivity index is 1.63. The number of carboxylic acid groups (broad SMARTS) is 1. The van der Waals surface area contributed by atoms with Crippen molar-refractivity contribution in [3.8, 4) is 17.2 Å². The van der Waals surface area contributed by atoms with E-state index in [9.17, 15) is 14.4 Å². The summed E-state index contributed by atoms with van der Waals surface area (Å²) in [6.07, 6.45) is 1.71. The average molecular weight is 712 g/mol. The molecule has 1 atom stereocenters. The molecule has 2 N–H and O–H groups in total. The van der Waals surface area contributed by atoms with Crippen molar-refractivity contribution >= 4 is 57.6 Å². The summed E-state index contributed by atoms with van der Waals surface area (Å²) in [5, 5.41) is 11.9. The van der Waals surface area contributed by atoms with Gasteiger partial charge in [0, 0.05) is 5.69 Å². The Morgan fingerprint density at radius 2 is 1.81 bits per heavy atom. The largest absolute Gasteiger partial charge is 0.497 e. The van der Waals surface area contributed by atoms with Crippen LogP contribution >= 0.6 is 33.9 Å². The lowest BCUT2D eigenvalue weighted by Crippen LogP contribution is -2.40. The lowest BCUT2D eigenvalue weighted by Gasteiger charge is -2.25. The van der Waals surface area contributed by atoms with Crippen molar-refractivity contribution in [1.29, 1.82) is 0 Å². The molecular weight excluding hydrogens is 685 g/mol. The fraction of sp³-hybridized carbons (Fsp3) is 0.161. The molecule has 5 rings (SSSR count). The maximum Gasteiger partial charge on any atom is 0.341 e. The third-order valence-corrected chi connectivity index (χ3v) is 8.40. The Hall–Kier alpha value is -4.43. The van der Waals surface area contributed by atoms with Gasteiger partial charge in [0.2, 0.25) is 0 Å². The van der Waals surface area contributed by atoms with Crippen LogP contribution in [0.25, 0.3) is 6.08 Å². The molecule has 3 aromatic carbocycles. The Bertz CT molecular complexity index is 1920. The number of carbonyl (C=O) groups excluding carboxylic acids is 1. The molecule has 43 heavy (non-hydrogen) atoms. The molecule has 0 saturated heterocycles. The van der Waals surface area contributed by atoms with E-state index in [2.05, 4.69) is 10.3 Å². The number of anilines is 1. The first-order valence-electron chi connectivity index (χ1n) is 12.9. The number of rotatable bonds is 9. The first-order valence-corrected chi connectivity index (χ1v) is 14.8. The van der Waals surface area contributed by atoms with Crippen LogP contribution in [0.2, 0.25) is 0 Å². The van der Waals surface area contributed by atoms with Crippen LogP contribution in [0.5, 0.6) is 17.2 Å². The van der Waals surface area contributed by atoms with Gasteiger partial charge in [-0.1, -0.05) is 41.7 Å². The maximum atomic E-state index is 14.0. The number of amides is 1. The zero-order valence-corrected chi connectivity index (χ0v) is 26.3. The SMILES string of the molecule is COc1ccc([C@@H]2C(C(=O)Nc3ccccc3)=C(C)N=c3s/c(=C/c4cc(I)c(OCC(=O)O)c(OC)c4)c(=O)n32)cc1. The van der Waals surface area contributed by atoms with E-state index in [-0.39, 0.29) is 11.5 Å². The minimum atomic E-state index is -1.11. The van der Waals surface area contributed by atoms with E-state index in [1.165, 1.54) is 23.0 Å². The first kappa shape index (κ1) is 30.0. The number of fused-ring (bicyclic) bond motifs is 1. The summed E-state index contributed by atoms with van der Waals surface area (Å²) >= 11 is 3.24. The Morgan fingerprint density at radius 1 is 1.09 bits per heavy atom. The van der Waals surface area contributed by atoms with Crippen molar-refractivity contribution < 1.29 is 28.9 Å². The minimum Gasteiger partial charge on any atom is -0.497 e. The van der Waals surface area contributed by atoms with E-state index in [0.29, 0.717) is 52.7 Å². The van der Waals surface area contributed by atoms with Gasteiger partial charge in [0.15, 0.2) is 22.9 Å². The zero-order chi connectivity index (χ0) is 30.7. The van der Waals surface area contributed by atoms with Gasteiger partial charge < -0.3 is 24.6 Å². The molecule has 0 bridgehead atoms. The summed E-state index contributed by atoms with van der Waals surface area (Å²) < 4.78 is 18.7. The second kappa shape index (κ2) is 12.8. The second-order valence-electron chi connectivity index (χ2n) is 9.39. The lowest BCUT2D eigenvalue weighted by atomic mass is 9.95. The fourth-order valence-electron chi connectivity index (χ4n) is 4.68. The molecule has 0 spiro atoms. The van der Waals surface area contributed by atoms with Crippen LogP contribution in [0.15, 0.2) is 87.8 Å². The minimum absolute atomic E-state index is 0.299. The molecule has 2 heterocycles. The summed E-state index contributed by atoms with van der Waals surface area (Å²) in [5.74, 6) is -0.195. The number of methoxy groups -OCH3 is 2. The summed E-state index contributed by atoms with van der Waals surface area (Å²) in [5.41, 5.74) is 2.52. The highest BCUT2D eigenvalue weighted by Gasteiger charge is 2.32. The van der Waals surface area contributed by atoms with Gasteiger partial charge in [0.05, 0.1) is 39.6 Å². The number of hydrogen-bond donors (Lipinski definition) is 2. The molecule has 1 aliphatic heterocycles. The van der Waals surface area contributed by atoms with Crippen LogP contribution in [0.1, 0.15) is 24.1 Å². The molecule has 0 radical (unpaired) electrons. The molecule has 1 aromatic heterocycles. The second-order valence-corrected chi connectivity index (χ2v) is 11.6. The number of aromatic nitrogens is 1. The number of benzene rings is 3. The van der Waals surface area contributed by atoms with Crippen molar-refractivity contribution in [2.24, 2.45) is 4.99 Å². The topological polar surface area (TPSA) is 128 Å². The van der Waals surface area contributed by atoms with Crippen LogP contribution < -0.4 is 34.4 Å². The number of aliphatic carboxylic acids is 1. The molecule has 12 heteroatoms. The number of para-hydroxylation sites is 1. The quantitative estimate of drug-likeness (QED) is 0.252. The molecule has 0 saturated carbocycles. The normalized spacial score (nSPS) is 14.5. The van der Waals surface area contributed by atoms with Crippen LogP contribution in [0.4, 0.5) is 5.69 Å². The summed E-state index contributed by atoms with van der Waals surface area (Å²) in [7, 11) is 3.03. The summed E-state index contributed by atoms with van der Waals surface area (Å²) in [4.78, 5) is 43.9. The molecule has 0 unspecified atom stereocenters. The average Bonchev–Trinajstić information content (AvgIpc) is 3.29. The number of nitrogens with zero attached hydrogens (tertiary/aromatic N) is 2. The van der Waals surface area contributed by atoms with Gasteiger partial charge in [-0.25, -0.2) is 9.79 Å². The summed E-state index contributed by atoms with van der Waals surface area (Å²) in [6, 6.07) is 19.0. The van der Waals surface area contributed by atoms with E-state index >= 15 is 0 Å². The van der Waals surface area contributed by atoms with Gasteiger partial charge in [-0.05, 0) is 83.1 Å². The number of nitrogens with one attached hydrogen (secondary N) is 1. The standard InChI is InChI=1S/C31H26IN3O7S/c1-17-26(29(38)34-20-7-5-4-6-8-20)27(19-9-11-21(40-2)12-10-19)35-30(39)24(43-31(35)33-17)15-18-13-22(32)28(23(14-18)41-3)42-16-25(36)37/h4-15,27H,16H2,1-3H3,(H,34,38)(H,36,37)/b24-15+/t27-/m1/s1. The number of halogens is 1. The Kier molecular flexibility index (Phi) is 8.97. The third-order valence-electron chi connectivity index (χ3n) is 6.62. The monoisotopic (exact) mass is 711 g/mol. The number of allylic oxidation sites excluding steroid dienone is 1. The van der Waals surface area contributed by atoms with Gasteiger partial charge in [0.1, 0.15) is 5.75 Å². The van der Waals surface area contributed by atoms with E-state index in [1.54, 1.807) is 56.5 Å². The van der Waals surface area contributed by atoms with Gasteiger partial charge in [-0.15, -0.1) is 0 Å². The molecule has 1 amide bonds. The van der Waals surface area contributed by atoms with Gasteiger partial charge in [0.25, 0.3) is 11.5 Å². The highest BCUT2D eigenvalue weighted by atomic mass is 127. The molecule has 4 aromatic rings. The van der Waals surface area contributed by atoms with Crippen molar-refractivity contribution in [2.75, 3.05) is 26.1 Å². The van der Waals surface area contributed by atoms with Gasteiger partial charge in [-0.2, -0.15) is 0 Å². The van der Waals surface area contributed by atoms with Gasteiger partial charge in [-0.3, -0.25) is 14.2 Å². The highest BCUT2D eigenvalue weighted by molar-refractivity contribution is 14.1. The predicted molar refractivity (Wildman–Crippen MR) is 171 cm³/mol. The number of hydrogen-bond acceptors (Lipinski definition) is 8. The number of carboxylic acids is 1. The van der Waals surface area contributed by atoms with Crippen molar-refractivity contribution in [3.05, 3.63) is 112 Å². The van der Waals surface area contributed by atoms with E-state index in [1.807, 2.05) is 52.9 Å². The Morgan fingerprint density at radius 3 is 2.47 bits per heavy atom. The molecule has 10 nitrogen and oxygen atoms in total. The fourth-order valence-corrected chi connectivity index (χ4v) is 6.51. The smallest absolute Gasteiger partial charge is 0.341 e. The van der Waals surface area contributed by atoms with Crippen molar-refractivity contribution in [3.63, 3.8) is 0 Å². The molecule has 220 valence electrons. The van der Waals surface area contributed by atoms with Gasteiger partial charge >= 0.3 is 5.97 Å². The number of thiazole rings is 1. The van der Waals surface area contributed by atoms with E-state index in [4.69, 9.17) is 19.3 Å².